The van der Waals surface area contributed by atoms with Crippen LogP contribution in [0.25, 0.3) is 0 Å². The number of carbonyl (C=O) groups excluding carboxylic acids is 1. The summed E-state index contributed by atoms with van der Waals surface area (Å²) in [7, 11) is 0. The van der Waals surface area contributed by atoms with Gasteiger partial charge in [0.1, 0.15) is 12.6 Å². The zero-order chi connectivity index (χ0) is 19.6. The molecule has 1 aliphatic heterocycles. The van der Waals surface area contributed by atoms with Crippen molar-refractivity contribution in [3.05, 3.63) is 63.6 Å². The number of hydrogen-bond donors (Lipinski definition) is 0. The Hall–Kier alpha value is -2.02. The third-order valence-corrected chi connectivity index (χ3v) is 5.09. The molecule has 2 aromatic carbocycles. The van der Waals surface area contributed by atoms with E-state index in [0.29, 0.717) is 17.7 Å². The normalized spacial score (nSPS) is 16.8. The number of amides is 1. The highest BCUT2D eigenvalue weighted by atomic mass is 79.9. The molecular weight excluding hydrogens is 423 g/mol. The van der Waals surface area contributed by atoms with Crippen LogP contribution in [-0.2, 0) is 24.2 Å². The van der Waals surface area contributed by atoms with E-state index in [-0.39, 0.29) is 19.4 Å². The van der Waals surface area contributed by atoms with Gasteiger partial charge in [-0.25, -0.2) is 4.79 Å². The van der Waals surface area contributed by atoms with E-state index in [2.05, 4.69) is 15.9 Å². The van der Waals surface area contributed by atoms with Crippen molar-refractivity contribution in [2.24, 2.45) is 0 Å². The highest BCUT2D eigenvalue weighted by Crippen LogP contribution is 2.42. The molecule has 1 amide bonds. The molecule has 0 aromatic heterocycles. The molecule has 0 bridgehead atoms. The lowest BCUT2D eigenvalue weighted by Crippen LogP contribution is -2.52. The van der Waals surface area contributed by atoms with Crippen molar-refractivity contribution in [2.75, 3.05) is 4.90 Å². The summed E-state index contributed by atoms with van der Waals surface area (Å²) in [5, 5.41) is 0. The van der Waals surface area contributed by atoms with Crippen LogP contribution in [0.5, 0.6) is 0 Å². The van der Waals surface area contributed by atoms with Crippen LogP contribution in [0.2, 0.25) is 0 Å². The van der Waals surface area contributed by atoms with Crippen molar-refractivity contribution in [3.8, 4) is 0 Å². The molecule has 1 aliphatic rings. The Bertz CT molecular complexity index is 807. The number of anilines is 1. The summed E-state index contributed by atoms with van der Waals surface area (Å²) in [6, 6.07) is 10.5. The summed E-state index contributed by atoms with van der Waals surface area (Å²) in [5.74, 6) is 0. The Balaban J connectivity index is 1.97. The summed E-state index contributed by atoms with van der Waals surface area (Å²) < 4.78 is 47.0. The van der Waals surface area contributed by atoms with Crippen LogP contribution in [0.3, 0.4) is 0 Å². The van der Waals surface area contributed by atoms with Crippen LogP contribution in [0.15, 0.2) is 46.9 Å². The smallest absolute Gasteiger partial charge is 0.415 e. The summed E-state index contributed by atoms with van der Waals surface area (Å²) in [6.45, 7) is 1.78. The number of fused-ring (bicyclic) bond motifs is 1. The van der Waals surface area contributed by atoms with Crippen LogP contribution >= 0.6 is 15.9 Å². The van der Waals surface area contributed by atoms with Crippen LogP contribution in [-0.4, -0.2) is 18.3 Å². The van der Waals surface area contributed by atoms with Gasteiger partial charge in [0.25, 0.3) is 0 Å². The summed E-state index contributed by atoms with van der Waals surface area (Å²) in [5.41, 5.74) is 2.45. The molecule has 0 N–H and O–H groups in total. The lowest BCUT2D eigenvalue weighted by atomic mass is 9.92. The van der Waals surface area contributed by atoms with Crippen molar-refractivity contribution >= 4 is 27.7 Å². The van der Waals surface area contributed by atoms with Gasteiger partial charge in [-0.1, -0.05) is 53.2 Å². The van der Waals surface area contributed by atoms with Gasteiger partial charge in [0.05, 0.1) is 5.69 Å². The third kappa shape index (κ3) is 4.29. The van der Waals surface area contributed by atoms with Gasteiger partial charge in [-0.3, -0.25) is 4.90 Å². The Morgan fingerprint density at radius 2 is 1.96 bits per heavy atom. The van der Waals surface area contributed by atoms with E-state index in [1.165, 1.54) is 0 Å². The lowest BCUT2D eigenvalue weighted by molar-refractivity contribution is -0.150. The SMILES string of the molecule is CCc1cc(Br)cc2c1N(C(=O)OCc1ccccc1)C(C(F)(F)F)CC2. The minimum atomic E-state index is -4.53. The average Bonchev–Trinajstić information content (AvgIpc) is 2.64. The first-order valence-corrected chi connectivity index (χ1v) is 9.48. The number of ether oxygens (including phenoxy) is 1. The quantitative estimate of drug-likeness (QED) is 0.581. The molecule has 0 aliphatic carbocycles. The standard InChI is InChI=1S/C20H19BrF3NO2/c1-2-14-10-16(21)11-15-8-9-17(20(22,23)24)25(18(14)15)19(26)27-12-13-6-4-3-5-7-13/h3-7,10-11,17H,2,8-9,12H2,1H3. The van der Waals surface area contributed by atoms with E-state index in [9.17, 15) is 18.0 Å². The van der Waals surface area contributed by atoms with Gasteiger partial charge in [0.15, 0.2) is 0 Å². The molecule has 2 aromatic rings. The molecular formula is C20H19BrF3NO2. The van der Waals surface area contributed by atoms with Gasteiger partial charge in [0.2, 0.25) is 0 Å². The van der Waals surface area contributed by atoms with Gasteiger partial charge in [-0.15, -0.1) is 0 Å². The van der Waals surface area contributed by atoms with Crippen molar-refractivity contribution in [1.29, 1.82) is 0 Å². The molecule has 1 heterocycles. The van der Waals surface area contributed by atoms with Crippen molar-refractivity contribution < 1.29 is 22.7 Å². The summed E-state index contributed by atoms with van der Waals surface area (Å²) >= 11 is 3.40. The number of rotatable bonds is 3. The third-order valence-electron chi connectivity index (χ3n) is 4.63. The van der Waals surface area contributed by atoms with Crippen LogP contribution in [0.1, 0.15) is 30.0 Å². The fourth-order valence-corrected chi connectivity index (χ4v) is 3.93. The first-order chi connectivity index (χ1) is 12.8. The topological polar surface area (TPSA) is 29.5 Å². The number of alkyl halides is 3. The maximum absolute atomic E-state index is 13.7. The van der Waals surface area contributed by atoms with Crippen LogP contribution in [0.4, 0.5) is 23.7 Å². The van der Waals surface area contributed by atoms with E-state index in [1.807, 2.05) is 13.0 Å². The molecule has 3 rings (SSSR count). The molecule has 0 spiro atoms. The Labute approximate surface area is 164 Å². The maximum Gasteiger partial charge on any atom is 0.415 e. The van der Waals surface area contributed by atoms with Crippen molar-refractivity contribution in [1.82, 2.24) is 0 Å². The predicted octanol–water partition coefficient (Wildman–Crippen LogP) is 6.03. The molecule has 0 saturated heterocycles. The fourth-order valence-electron chi connectivity index (χ4n) is 3.38. The Kier molecular flexibility index (Phi) is 5.79. The molecule has 144 valence electrons. The molecule has 1 unspecified atom stereocenters. The number of hydrogen-bond acceptors (Lipinski definition) is 2. The molecule has 3 nitrogen and oxygen atoms in total. The van der Waals surface area contributed by atoms with Crippen molar-refractivity contribution in [2.45, 2.75) is 45.0 Å². The number of carbonyl (C=O) groups is 1. The second-order valence-electron chi connectivity index (χ2n) is 6.43. The first-order valence-electron chi connectivity index (χ1n) is 8.69. The van der Waals surface area contributed by atoms with E-state index in [0.717, 1.165) is 20.5 Å². The Morgan fingerprint density at radius 1 is 1.26 bits per heavy atom. The largest absolute Gasteiger partial charge is 0.444 e. The highest BCUT2D eigenvalue weighted by Gasteiger charge is 2.49. The second kappa shape index (κ2) is 7.92. The zero-order valence-electron chi connectivity index (χ0n) is 14.7. The van der Waals surface area contributed by atoms with Crippen molar-refractivity contribution in [3.63, 3.8) is 0 Å². The van der Waals surface area contributed by atoms with E-state index in [4.69, 9.17) is 4.74 Å². The van der Waals surface area contributed by atoms with E-state index in [1.54, 1.807) is 36.4 Å². The average molecular weight is 442 g/mol. The lowest BCUT2D eigenvalue weighted by Gasteiger charge is -2.38. The Morgan fingerprint density at radius 3 is 2.59 bits per heavy atom. The zero-order valence-corrected chi connectivity index (χ0v) is 16.3. The molecule has 0 saturated carbocycles. The number of benzene rings is 2. The van der Waals surface area contributed by atoms with Gasteiger partial charge < -0.3 is 4.74 Å². The molecule has 1 atom stereocenters. The summed E-state index contributed by atoms with van der Waals surface area (Å²) in [4.78, 5) is 13.5. The fraction of sp³-hybridized carbons (Fsp3) is 0.350. The molecule has 0 fully saturated rings. The number of halogens is 4. The van der Waals surface area contributed by atoms with Crippen LogP contribution in [0, 0.1) is 0 Å². The van der Waals surface area contributed by atoms with Gasteiger partial charge in [-0.05, 0) is 48.1 Å². The molecule has 0 radical (unpaired) electrons. The highest BCUT2D eigenvalue weighted by molar-refractivity contribution is 9.10. The van der Waals surface area contributed by atoms with E-state index < -0.39 is 18.3 Å². The second-order valence-corrected chi connectivity index (χ2v) is 7.35. The van der Waals surface area contributed by atoms with Crippen LogP contribution < -0.4 is 4.90 Å². The minimum absolute atomic E-state index is 0.0753. The maximum atomic E-state index is 13.7. The van der Waals surface area contributed by atoms with Gasteiger partial charge in [-0.2, -0.15) is 13.2 Å². The predicted molar refractivity (Wildman–Crippen MR) is 101 cm³/mol. The monoisotopic (exact) mass is 441 g/mol. The van der Waals surface area contributed by atoms with Gasteiger partial charge >= 0.3 is 12.3 Å². The van der Waals surface area contributed by atoms with Gasteiger partial charge in [0, 0.05) is 4.47 Å². The minimum Gasteiger partial charge on any atom is -0.444 e. The molecule has 27 heavy (non-hydrogen) atoms. The number of nitrogens with zero attached hydrogens (tertiary/aromatic N) is 1. The number of aryl methyl sites for hydroxylation is 2. The summed E-state index contributed by atoms with van der Waals surface area (Å²) in [6.07, 6.45) is -4.92. The first kappa shape index (κ1) is 19.7. The molecule has 7 heteroatoms. The van der Waals surface area contributed by atoms with E-state index >= 15 is 0 Å².